The maximum Gasteiger partial charge on any atom is 0.252 e. The van der Waals surface area contributed by atoms with Gasteiger partial charge in [-0.2, -0.15) is 0 Å². The number of rotatable bonds is 9. The first-order valence-electron chi connectivity index (χ1n) is 14.5. The van der Waals surface area contributed by atoms with Crippen molar-refractivity contribution in [2.24, 2.45) is 11.8 Å². The molecule has 2 aliphatic rings. The number of β-amino-alcohol motifs (C(OH)–C–C–N with tert-alkyl or cyclic N) is 1. The second-order valence-corrected chi connectivity index (χ2v) is 13.6. The summed E-state index contributed by atoms with van der Waals surface area (Å²) in [7, 11) is 0. The highest BCUT2D eigenvalue weighted by Crippen LogP contribution is 2.39. The molecule has 1 aliphatic heterocycles. The first-order chi connectivity index (χ1) is 19.0. The van der Waals surface area contributed by atoms with E-state index in [1.54, 1.807) is 36.9 Å². The number of nitrogens with one attached hydrogen (secondary N) is 2. The maximum absolute atomic E-state index is 13.5. The monoisotopic (exact) mass is 567 g/mol. The largest absolute Gasteiger partial charge is 0.508 e. The Hall–Kier alpha value is -2.55. The number of aromatic hydroxyl groups is 1. The normalized spacial score (nSPS) is 23.1. The third-order valence-electron chi connectivity index (χ3n) is 8.23. The Kier molecular flexibility index (Phi) is 10.2. The van der Waals surface area contributed by atoms with Crippen LogP contribution in [0, 0.1) is 18.8 Å². The highest BCUT2D eigenvalue weighted by Gasteiger charge is 2.41. The molecule has 4 rings (SSSR count). The smallest absolute Gasteiger partial charge is 0.252 e. The number of thioether (sulfide) groups is 1. The zero-order valence-corrected chi connectivity index (χ0v) is 25.0. The number of aliphatic hydroxyl groups excluding tert-OH is 1. The summed E-state index contributed by atoms with van der Waals surface area (Å²) in [5, 5.41) is 28.0. The van der Waals surface area contributed by atoms with E-state index in [0.717, 1.165) is 30.7 Å². The summed E-state index contributed by atoms with van der Waals surface area (Å²) in [6.45, 7) is 8.76. The number of aliphatic hydroxyl groups is 1. The van der Waals surface area contributed by atoms with Gasteiger partial charge in [0, 0.05) is 40.4 Å². The molecule has 2 aromatic carbocycles. The lowest BCUT2D eigenvalue weighted by molar-refractivity contribution is -0.132. The molecule has 1 heterocycles. The number of benzene rings is 2. The van der Waals surface area contributed by atoms with Gasteiger partial charge in [-0.15, -0.1) is 11.8 Å². The Morgan fingerprint density at radius 3 is 2.45 bits per heavy atom. The molecule has 7 nitrogen and oxygen atoms in total. The topological polar surface area (TPSA) is 102 Å². The van der Waals surface area contributed by atoms with Crippen LogP contribution in [0.15, 0.2) is 53.4 Å². The van der Waals surface area contributed by atoms with Crippen LogP contribution in [0.5, 0.6) is 5.75 Å². The van der Waals surface area contributed by atoms with Gasteiger partial charge in [-0.05, 0) is 76.6 Å². The first-order valence-corrected chi connectivity index (χ1v) is 15.5. The second kappa shape index (κ2) is 13.4. The van der Waals surface area contributed by atoms with Gasteiger partial charge < -0.3 is 20.8 Å². The molecule has 0 bridgehead atoms. The van der Waals surface area contributed by atoms with E-state index in [4.69, 9.17) is 0 Å². The number of piperidine rings is 1. The van der Waals surface area contributed by atoms with Crippen LogP contribution >= 0.6 is 11.8 Å². The minimum absolute atomic E-state index is 0.0124. The number of hydrogen-bond acceptors (Lipinski definition) is 6. The van der Waals surface area contributed by atoms with Gasteiger partial charge in [-0.3, -0.25) is 14.5 Å². The minimum atomic E-state index is -0.886. The van der Waals surface area contributed by atoms with Crippen LogP contribution in [0.25, 0.3) is 0 Å². The Bertz CT molecular complexity index is 1150. The van der Waals surface area contributed by atoms with Gasteiger partial charge in [0.15, 0.2) is 0 Å². The number of hydrogen-bond donors (Lipinski definition) is 4. The summed E-state index contributed by atoms with van der Waals surface area (Å²) in [6, 6.07) is 13.9. The van der Waals surface area contributed by atoms with E-state index in [-0.39, 0.29) is 29.1 Å². The fraction of sp³-hybridized carbons (Fsp3) is 0.562. The van der Waals surface area contributed by atoms with Crippen molar-refractivity contribution < 1.29 is 19.8 Å². The van der Waals surface area contributed by atoms with Crippen LogP contribution in [0.1, 0.15) is 68.8 Å². The number of phenolic OH excluding ortho intramolecular Hbond substituents is 1. The van der Waals surface area contributed by atoms with Crippen molar-refractivity contribution in [3.05, 3.63) is 59.7 Å². The third kappa shape index (κ3) is 8.02. The van der Waals surface area contributed by atoms with Crippen LogP contribution in [0.3, 0.4) is 0 Å². The van der Waals surface area contributed by atoms with Crippen molar-refractivity contribution in [3.8, 4) is 5.75 Å². The predicted octanol–water partition coefficient (Wildman–Crippen LogP) is 4.75. The number of likely N-dealkylation sites (tertiary alicyclic amines) is 1. The maximum atomic E-state index is 13.5. The molecule has 8 heteroatoms. The van der Waals surface area contributed by atoms with Crippen molar-refractivity contribution in [1.29, 1.82) is 0 Å². The molecule has 1 saturated heterocycles. The van der Waals surface area contributed by atoms with Crippen molar-refractivity contribution in [1.82, 2.24) is 15.5 Å². The minimum Gasteiger partial charge on any atom is -0.508 e. The molecule has 40 heavy (non-hydrogen) atoms. The molecular formula is C32H45N3O4S. The highest BCUT2D eigenvalue weighted by atomic mass is 32.2. The van der Waals surface area contributed by atoms with Crippen LogP contribution in [-0.4, -0.2) is 69.5 Å². The Balaban J connectivity index is 1.54. The molecule has 1 aliphatic carbocycles. The molecule has 1 saturated carbocycles. The van der Waals surface area contributed by atoms with Crippen molar-refractivity contribution in [2.75, 3.05) is 18.8 Å². The summed E-state index contributed by atoms with van der Waals surface area (Å²) >= 11 is 1.57. The molecule has 4 N–H and O–H groups in total. The van der Waals surface area contributed by atoms with Gasteiger partial charge in [0.2, 0.25) is 5.91 Å². The van der Waals surface area contributed by atoms with E-state index < -0.39 is 12.1 Å². The number of amides is 2. The number of carbonyl (C=O) groups is 2. The lowest BCUT2D eigenvalue weighted by Gasteiger charge is -2.47. The summed E-state index contributed by atoms with van der Waals surface area (Å²) in [5.74, 6) is 1.27. The fourth-order valence-corrected chi connectivity index (χ4v) is 7.09. The molecule has 2 amide bonds. The fourth-order valence-electron chi connectivity index (χ4n) is 6.06. The summed E-state index contributed by atoms with van der Waals surface area (Å²) < 4.78 is 0. The van der Waals surface area contributed by atoms with Gasteiger partial charge >= 0.3 is 0 Å². The molecule has 0 aromatic heterocycles. The van der Waals surface area contributed by atoms with Crippen LogP contribution in [-0.2, 0) is 4.79 Å². The van der Waals surface area contributed by atoms with Crippen molar-refractivity contribution in [2.45, 2.75) is 88.4 Å². The predicted molar refractivity (Wildman–Crippen MR) is 161 cm³/mol. The molecule has 2 fully saturated rings. The number of carbonyl (C=O) groups excluding carboxylic acids is 2. The van der Waals surface area contributed by atoms with Gasteiger partial charge in [0.1, 0.15) is 5.75 Å². The Labute approximate surface area is 243 Å². The molecular weight excluding hydrogens is 522 g/mol. The lowest BCUT2D eigenvalue weighted by Crippen LogP contribution is -2.60. The summed E-state index contributed by atoms with van der Waals surface area (Å²) in [6.07, 6.45) is 4.67. The summed E-state index contributed by atoms with van der Waals surface area (Å²) in [4.78, 5) is 30.0. The van der Waals surface area contributed by atoms with Crippen molar-refractivity contribution in [3.63, 3.8) is 0 Å². The Morgan fingerprint density at radius 2 is 1.75 bits per heavy atom. The number of nitrogens with zero attached hydrogens (tertiary/aromatic N) is 1. The second-order valence-electron chi connectivity index (χ2n) is 12.5. The van der Waals surface area contributed by atoms with E-state index in [0.29, 0.717) is 35.3 Å². The van der Waals surface area contributed by atoms with Crippen LogP contribution < -0.4 is 10.6 Å². The standard InChI is InChI=1S/C32H45N3O4S/c1-21-25(15-10-16-28(21)36)30(38)33-26(20-40-24-13-6-5-7-14-24)29(37)19-35-18-23-12-9-8-11-22(23)17-27(35)31(39)34-32(2,3)4/h5-7,10,13-16,22-23,26-27,29,36-37H,8-9,11-12,17-20H2,1-4H3,(H,33,38)(H,34,39)/t22-,23+,26-,27-,29-/m0/s1. The van der Waals surface area contributed by atoms with Gasteiger partial charge in [0.25, 0.3) is 5.91 Å². The zero-order chi connectivity index (χ0) is 28.9. The van der Waals surface area contributed by atoms with Gasteiger partial charge in [-0.1, -0.05) is 43.5 Å². The molecule has 0 radical (unpaired) electrons. The van der Waals surface area contributed by atoms with E-state index >= 15 is 0 Å². The zero-order valence-electron chi connectivity index (χ0n) is 24.2. The molecule has 218 valence electrons. The van der Waals surface area contributed by atoms with E-state index in [1.807, 2.05) is 51.1 Å². The number of phenols is 1. The van der Waals surface area contributed by atoms with E-state index in [2.05, 4.69) is 15.5 Å². The average Bonchev–Trinajstić information content (AvgIpc) is 2.91. The van der Waals surface area contributed by atoms with Crippen LogP contribution in [0.2, 0.25) is 0 Å². The molecule has 5 atom stereocenters. The quantitative estimate of drug-likeness (QED) is 0.327. The Morgan fingerprint density at radius 1 is 1.05 bits per heavy atom. The van der Waals surface area contributed by atoms with Crippen LogP contribution in [0.4, 0.5) is 0 Å². The highest BCUT2D eigenvalue weighted by molar-refractivity contribution is 7.99. The molecule has 2 aromatic rings. The molecule has 0 unspecified atom stereocenters. The third-order valence-corrected chi connectivity index (χ3v) is 9.36. The SMILES string of the molecule is Cc1c(O)cccc1C(=O)N[C@@H](CSc1ccccc1)[C@@H](O)CN1C[C@H]2CCCC[C@H]2C[C@H]1C(=O)NC(C)(C)C. The van der Waals surface area contributed by atoms with Gasteiger partial charge in [-0.25, -0.2) is 0 Å². The van der Waals surface area contributed by atoms with E-state index in [1.165, 1.54) is 12.8 Å². The molecule has 0 spiro atoms. The average molecular weight is 568 g/mol. The van der Waals surface area contributed by atoms with Crippen molar-refractivity contribution >= 4 is 23.6 Å². The summed E-state index contributed by atoms with van der Waals surface area (Å²) in [5.41, 5.74) is 0.543. The van der Waals surface area contributed by atoms with Gasteiger partial charge in [0.05, 0.1) is 18.2 Å². The van der Waals surface area contributed by atoms with E-state index in [9.17, 15) is 19.8 Å². The lowest BCUT2D eigenvalue weighted by atomic mass is 9.72. The first kappa shape index (κ1) is 30.4. The number of fused-ring (bicyclic) bond motifs is 1.